The van der Waals surface area contributed by atoms with E-state index in [0.717, 1.165) is 24.3 Å². The van der Waals surface area contributed by atoms with Gasteiger partial charge in [0.15, 0.2) is 0 Å². The van der Waals surface area contributed by atoms with E-state index in [1.54, 1.807) is 0 Å². The summed E-state index contributed by atoms with van der Waals surface area (Å²) in [6.45, 7) is -0.0811. The zero-order chi connectivity index (χ0) is 14.8. The molecule has 1 aliphatic heterocycles. The SMILES string of the molecule is O=C1COCC(C(=O)Nc2ccc(C(F)(F)F)cc2)N1. The van der Waals surface area contributed by atoms with Crippen molar-refractivity contribution < 1.29 is 27.5 Å². The second kappa shape index (κ2) is 5.49. The number of nitrogens with one attached hydrogen (secondary N) is 2. The van der Waals surface area contributed by atoms with Crippen LogP contribution in [0.15, 0.2) is 24.3 Å². The van der Waals surface area contributed by atoms with Gasteiger partial charge in [-0.2, -0.15) is 13.2 Å². The summed E-state index contributed by atoms with van der Waals surface area (Å²) in [5, 5.41) is 4.83. The van der Waals surface area contributed by atoms with E-state index in [0.29, 0.717) is 0 Å². The second-order valence-corrected chi connectivity index (χ2v) is 4.20. The van der Waals surface area contributed by atoms with E-state index in [1.807, 2.05) is 0 Å². The van der Waals surface area contributed by atoms with Gasteiger partial charge in [0.1, 0.15) is 12.6 Å². The van der Waals surface area contributed by atoms with E-state index >= 15 is 0 Å². The first-order valence-corrected chi connectivity index (χ1v) is 5.71. The number of amides is 2. The van der Waals surface area contributed by atoms with Crippen molar-refractivity contribution in [2.24, 2.45) is 0 Å². The molecule has 2 rings (SSSR count). The Morgan fingerprint density at radius 1 is 1.30 bits per heavy atom. The van der Waals surface area contributed by atoms with Crippen molar-refractivity contribution in [1.29, 1.82) is 0 Å². The number of benzene rings is 1. The van der Waals surface area contributed by atoms with Crippen LogP contribution < -0.4 is 10.6 Å². The molecule has 0 aromatic heterocycles. The summed E-state index contributed by atoms with van der Waals surface area (Å²) in [6.07, 6.45) is -4.42. The van der Waals surface area contributed by atoms with Crippen molar-refractivity contribution in [3.8, 4) is 0 Å². The minimum atomic E-state index is -4.42. The number of morpholine rings is 1. The van der Waals surface area contributed by atoms with E-state index < -0.39 is 29.6 Å². The van der Waals surface area contributed by atoms with E-state index in [4.69, 9.17) is 4.74 Å². The average Bonchev–Trinajstić information content (AvgIpc) is 2.38. The maximum atomic E-state index is 12.4. The molecule has 1 aromatic carbocycles. The zero-order valence-electron chi connectivity index (χ0n) is 10.2. The number of hydrogen-bond donors (Lipinski definition) is 2. The lowest BCUT2D eigenvalue weighted by atomic mass is 10.2. The molecular formula is C12H11F3N2O3. The molecule has 0 aliphatic carbocycles. The lowest BCUT2D eigenvalue weighted by Crippen LogP contribution is -2.51. The predicted molar refractivity (Wildman–Crippen MR) is 62.8 cm³/mol. The molecule has 0 bridgehead atoms. The molecule has 8 heteroatoms. The third-order valence-corrected chi connectivity index (χ3v) is 2.65. The van der Waals surface area contributed by atoms with Crippen LogP contribution in [0.4, 0.5) is 18.9 Å². The fourth-order valence-corrected chi connectivity index (χ4v) is 1.66. The standard InChI is InChI=1S/C12H11F3N2O3/c13-12(14,15)7-1-3-8(4-2-7)16-11(19)9-5-20-6-10(18)17-9/h1-4,9H,5-6H2,(H,16,19)(H,17,18). The summed E-state index contributed by atoms with van der Waals surface area (Å²) in [4.78, 5) is 22.8. The fraction of sp³-hybridized carbons (Fsp3) is 0.333. The van der Waals surface area contributed by atoms with Gasteiger partial charge in [-0.1, -0.05) is 0 Å². The van der Waals surface area contributed by atoms with Crippen LogP contribution >= 0.6 is 0 Å². The van der Waals surface area contributed by atoms with Crippen molar-refractivity contribution in [3.05, 3.63) is 29.8 Å². The Kier molecular flexibility index (Phi) is 3.93. The molecular weight excluding hydrogens is 277 g/mol. The van der Waals surface area contributed by atoms with E-state index in [9.17, 15) is 22.8 Å². The molecule has 5 nitrogen and oxygen atoms in total. The van der Waals surface area contributed by atoms with Crippen LogP contribution in [-0.2, 0) is 20.5 Å². The van der Waals surface area contributed by atoms with Gasteiger partial charge in [0.05, 0.1) is 12.2 Å². The van der Waals surface area contributed by atoms with Gasteiger partial charge in [-0.25, -0.2) is 0 Å². The minimum Gasteiger partial charge on any atom is -0.369 e. The van der Waals surface area contributed by atoms with Gasteiger partial charge < -0.3 is 15.4 Å². The summed E-state index contributed by atoms with van der Waals surface area (Å²) >= 11 is 0. The Morgan fingerprint density at radius 2 is 1.95 bits per heavy atom. The third-order valence-electron chi connectivity index (χ3n) is 2.65. The summed E-state index contributed by atoms with van der Waals surface area (Å²) in [5.41, 5.74) is -0.590. The number of hydrogen-bond acceptors (Lipinski definition) is 3. The second-order valence-electron chi connectivity index (χ2n) is 4.20. The molecule has 1 heterocycles. The van der Waals surface area contributed by atoms with Crippen LogP contribution in [0.25, 0.3) is 0 Å². The number of halogens is 3. The highest BCUT2D eigenvalue weighted by Gasteiger charge is 2.30. The molecule has 0 saturated carbocycles. The lowest BCUT2D eigenvalue weighted by Gasteiger charge is -2.22. The first-order valence-electron chi connectivity index (χ1n) is 5.71. The van der Waals surface area contributed by atoms with Gasteiger partial charge in [-0.15, -0.1) is 0 Å². The highest BCUT2D eigenvalue weighted by molar-refractivity contribution is 5.97. The highest BCUT2D eigenvalue weighted by Crippen LogP contribution is 2.29. The van der Waals surface area contributed by atoms with Crippen molar-refractivity contribution in [1.82, 2.24) is 5.32 Å². The molecule has 108 valence electrons. The zero-order valence-corrected chi connectivity index (χ0v) is 10.2. The smallest absolute Gasteiger partial charge is 0.369 e. The van der Waals surface area contributed by atoms with Crippen LogP contribution in [0.2, 0.25) is 0 Å². The topological polar surface area (TPSA) is 67.4 Å². The largest absolute Gasteiger partial charge is 0.416 e. The monoisotopic (exact) mass is 288 g/mol. The minimum absolute atomic E-state index is 0.0260. The third kappa shape index (κ3) is 3.47. The van der Waals surface area contributed by atoms with Crippen molar-refractivity contribution in [2.75, 3.05) is 18.5 Å². The maximum Gasteiger partial charge on any atom is 0.416 e. The van der Waals surface area contributed by atoms with E-state index in [2.05, 4.69) is 10.6 Å². The number of carbonyl (C=O) groups excluding carboxylic acids is 2. The first kappa shape index (κ1) is 14.3. The average molecular weight is 288 g/mol. The van der Waals surface area contributed by atoms with Gasteiger partial charge in [0.2, 0.25) is 11.8 Å². The van der Waals surface area contributed by atoms with Crippen LogP contribution in [0.1, 0.15) is 5.56 Å². The van der Waals surface area contributed by atoms with Gasteiger partial charge >= 0.3 is 6.18 Å². The van der Waals surface area contributed by atoms with Gasteiger partial charge in [-0.3, -0.25) is 9.59 Å². The van der Waals surface area contributed by atoms with Gasteiger partial charge in [-0.05, 0) is 24.3 Å². The number of anilines is 1. The summed E-state index contributed by atoms with van der Waals surface area (Å²) < 4.78 is 42.0. The van der Waals surface area contributed by atoms with Crippen molar-refractivity contribution >= 4 is 17.5 Å². The van der Waals surface area contributed by atoms with Crippen LogP contribution in [0.5, 0.6) is 0 Å². The molecule has 1 aliphatic rings. The highest BCUT2D eigenvalue weighted by atomic mass is 19.4. The Labute approximate surface area is 112 Å². The van der Waals surface area contributed by atoms with E-state index in [1.165, 1.54) is 0 Å². The first-order chi connectivity index (χ1) is 9.36. The summed E-state index contributed by atoms with van der Waals surface area (Å²) in [6, 6.07) is 3.17. The van der Waals surface area contributed by atoms with Crippen molar-refractivity contribution in [3.63, 3.8) is 0 Å². The van der Waals surface area contributed by atoms with Crippen LogP contribution in [0.3, 0.4) is 0 Å². The number of carbonyl (C=O) groups is 2. The Hall–Kier alpha value is -2.09. The molecule has 0 radical (unpaired) electrons. The van der Waals surface area contributed by atoms with Crippen LogP contribution in [0, 0.1) is 0 Å². The fourth-order valence-electron chi connectivity index (χ4n) is 1.66. The van der Waals surface area contributed by atoms with Crippen LogP contribution in [-0.4, -0.2) is 31.1 Å². The normalized spacial score (nSPS) is 19.4. The maximum absolute atomic E-state index is 12.4. The number of alkyl halides is 3. The van der Waals surface area contributed by atoms with Gasteiger partial charge in [0, 0.05) is 5.69 Å². The number of rotatable bonds is 2. The Balaban J connectivity index is 1.99. The quantitative estimate of drug-likeness (QED) is 0.858. The molecule has 1 fully saturated rings. The molecule has 0 spiro atoms. The molecule has 20 heavy (non-hydrogen) atoms. The Bertz CT molecular complexity index is 514. The lowest BCUT2D eigenvalue weighted by molar-refractivity contribution is -0.137. The molecule has 2 amide bonds. The summed E-state index contributed by atoms with van der Waals surface area (Å²) in [7, 11) is 0. The molecule has 2 N–H and O–H groups in total. The number of ether oxygens (including phenoxy) is 1. The van der Waals surface area contributed by atoms with Gasteiger partial charge in [0.25, 0.3) is 0 Å². The summed E-state index contributed by atoms with van der Waals surface area (Å²) in [5.74, 6) is -0.957. The predicted octanol–water partition coefficient (Wildman–Crippen LogP) is 1.16. The molecule has 1 atom stereocenters. The molecule has 1 saturated heterocycles. The van der Waals surface area contributed by atoms with Crippen molar-refractivity contribution in [2.45, 2.75) is 12.2 Å². The molecule has 1 aromatic rings. The van der Waals surface area contributed by atoms with E-state index in [-0.39, 0.29) is 18.9 Å². The Morgan fingerprint density at radius 3 is 2.50 bits per heavy atom. The molecule has 1 unspecified atom stereocenters.